The Balaban J connectivity index is 3.02. The number of nitrogens with two attached hydrogens (primary N) is 1. The van der Waals surface area contributed by atoms with Gasteiger partial charge in [-0.2, -0.15) is 0 Å². The molecule has 0 heterocycles. The molecule has 5 unspecified atom stereocenters. The molecule has 5 atom stereocenters. The molecular formula is C25H38N4O7. The number of rotatable bonds is 15. The van der Waals surface area contributed by atoms with Crippen molar-refractivity contribution in [3.05, 3.63) is 35.9 Å². The lowest BCUT2D eigenvalue weighted by Gasteiger charge is -2.26. The molecule has 1 rings (SSSR count). The maximum Gasteiger partial charge on any atom is 0.326 e. The van der Waals surface area contributed by atoms with Crippen molar-refractivity contribution in [1.82, 2.24) is 16.0 Å². The fraction of sp³-hybridized carbons (Fsp3) is 0.560. The summed E-state index contributed by atoms with van der Waals surface area (Å²) < 4.78 is 0. The Morgan fingerprint density at radius 2 is 1.36 bits per heavy atom. The van der Waals surface area contributed by atoms with Gasteiger partial charge >= 0.3 is 11.9 Å². The molecule has 7 N–H and O–H groups in total. The molecule has 0 aliphatic heterocycles. The van der Waals surface area contributed by atoms with Crippen LogP contribution in [0.1, 0.15) is 52.5 Å². The van der Waals surface area contributed by atoms with Crippen molar-refractivity contribution in [1.29, 1.82) is 0 Å². The van der Waals surface area contributed by atoms with E-state index in [2.05, 4.69) is 16.0 Å². The first-order valence-electron chi connectivity index (χ1n) is 12.0. The van der Waals surface area contributed by atoms with Crippen LogP contribution in [0.5, 0.6) is 0 Å². The molecule has 36 heavy (non-hydrogen) atoms. The van der Waals surface area contributed by atoms with Gasteiger partial charge in [-0.3, -0.25) is 19.2 Å². The van der Waals surface area contributed by atoms with Crippen LogP contribution in [0.2, 0.25) is 0 Å². The number of hydrogen-bond acceptors (Lipinski definition) is 6. The smallest absolute Gasteiger partial charge is 0.326 e. The predicted molar refractivity (Wildman–Crippen MR) is 133 cm³/mol. The summed E-state index contributed by atoms with van der Waals surface area (Å²) in [6.07, 6.45) is 0.0708. The molecule has 0 radical (unpaired) electrons. The highest BCUT2D eigenvalue weighted by atomic mass is 16.4. The number of carbonyl (C=O) groups excluding carboxylic acids is 3. The SMILES string of the molecule is CCC(C)C(N)C(=O)NC(CC(C)C)C(=O)NC(CC(=O)O)C(=O)NC(Cc1ccccc1)C(=O)O. The summed E-state index contributed by atoms with van der Waals surface area (Å²) in [5.41, 5.74) is 6.63. The normalized spacial score (nSPS) is 15.2. The van der Waals surface area contributed by atoms with Crippen LogP contribution in [0.25, 0.3) is 0 Å². The van der Waals surface area contributed by atoms with E-state index in [9.17, 15) is 34.2 Å². The minimum Gasteiger partial charge on any atom is -0.481 e. The molecule has 0 fully saturated rings. The van der Waals surface area contributed by atoms with Crippen LogP contribution >= 0.6 is 0 Å². The summed E-state index contributed by atoms with van der Waals surface area (Å²) >= 11 is 0. The number of carboxylic acid groups (broad SMARTS) is 2. The van der Waals surface area contributed by atoms with E-state index in [-0.39, 0.29) is 24.7 Å². The van der Waals surface area contributed by atoms with Gasteiger partial charge in [-0.25, -0.2) is 4.79 Å². The van der Waals surface area contributed by atoms with Crippen LogP contribution in [-0.2, 0) is 30.4 Å². The molecule has 11 nitrogen and oxygen atoms in total. The van der Waals surface area contributed by atoms with Crippen LogP contribution in [-0.4, -0.2) is 64.0 Å². The van der Waals surface area contributed by atoms with Crippen LogP contribution in [0.15, 0.2) is 30.3 Å². The first-order chi connectivity index (χ1) is 16.8. The van der Waals surface area contributed by atoms with Gasteiger partial charge in [0.05, 0.1) is 12.5 Å². The molecule has 0 aliphatic carbocycles. The van der Waals surface area contributed by atoms with E-state index in [0.29, 0.717) is 12.0 Å². The minimum absolute atomic E-state index is 0.0186. The lowest BCUT2D eigenvalue weighted by molar-refractivity contribution is -0.143. The Labute approximate surface area is 211 Å². The summed E-state index contributed by atoms with van der Waals surface area (Å²) in [7, 11) is 0. The highest BCUT2D eigenvalue weighted by Gasteiger charge is 2.32. The Morgan fingerprint density at radius 1 is 0.833 bits per heavy atom. The van der Waals surface area contributed by atoms with E-state index in [1.807, 2.05) is 27.7 Å². The van der Waals surface area contributed by atoms with Crippen LogP contribution in [0.4, 0.5) is 0 Å². The summed E-state index contributed by atoms with van der Waals surface area (Å²) in [6, 6.07) is 3.80. The summed E-state index contributed by atoms with van der Waals surface area (Å²) in [4.78, 5) is 61.6. The zero-order chi connectivity index (χ0) is 27.4. The van der Waals surface area contributed by atoms with Gasteiger partial charge in [0.2, 0.25) is 17.7 Å². The Bertz CT molecular complexity index is 907. The molecule has 11 heteroatoms. The zero-order valence-corrected chi connectivity index (χ0v) is 21.2. The third-order valence-corrected chi connectivity index (χ3v) is 5.81. The number of amides is 3. The number of carboxylic acids is 2. The van der Waals surface area contributed by atoms with Gasteiger partial charge in [0.15, 0.2) is 0 Å². The number of benzene rings is 1. The first kappa shape index (κ1) is 30.6. The van der Waals surface area contributed by atoms with Crippen molar-refractivity contribution >= 4 is 29.7 Å². The predicted octanol–water partition coefficient (Wildman–Crippen LogP) is 0.662. The number of aliphatic carboxylic acids is 2. The summed E-state index contributed by atoms with van der Waals surface area (Å²) in [5.74, 6) is -5.07. The Hall–Kier alpha value is -3.47. The van der Waals surface area contributed by atoms with E-state index in [1.165, 1.54) is 0 Å². The first-order valence-corrected chi connectivity index (χ1v) is 12.0. The quantitative estimate of drug-likeness (QED) is 0.200. The standard InChI is InChI=1S/C25H38N4O7/c1-5-15(4)21(26)24(34)28-17(11-14(2)3)22(32)27-18(13-20(30)31)23(33)29-19(25(35)36)12-16-9-7-6-8-10-16/h6-10,14-15,17-19,21H,5,11-13,26H2,1-4H3,(H,27,32)(H,28,34)(H,29,33)(H,30,31)(H,35,36). The topological polar surface area (TPSA) is 188 Å². The van der Waals surface area contributed by atoms with Crippen molar-refractivity contribution < 1.29 is 34.2 Å². The average molecular weight is 507 g/mol. The van der Waals surface area contributed by atoms with Gasteiger partial charge in [0.1, 0.15) is 18.1 Å². The molecule has 0 aromatic heterocycles. The van der Waals surface area contributed by atoms with Gasteiger partial charge in [0, 0.05) is 6.42 Å². The van der Waals surface area contributed by atoms with Crippen molar-refractivity contribution in [2.45, 2.75) is 77.5 Å². The Kier molecular flexibility index (Phi) is 12.6. The summed E-state index contributed by atoms with van der Waals surface area (Å²) in [6.45, 7) is 7.36. The highest BCUT2D eigenvalue weighted by Crippen LogP contribution is 2.10. The second-order valence-electron chi connectivity index (χ2n) is 9.35. The molecule has 0 spiro atoms. The van der Waals surface area contributed by atoms with E-state index in [0.717, 1.165) is 0 Å². The molecule has 0 aliphatic rings. The third kappa shape index (κ3) is 10.4. The monoisotopic (exact) mass is 506 g/mol. The third-order valence-electron chi connectivity index (χ3n) is 5.81. The second kappa shape index (κ2) is 14.8. The summed E-state index contributed by atoms with van der Waals surface area (Å²) in [5, 5.41) is 26.1. The van der Waals surface area contributed by atoms with Crippen molar-refractivity contribution in [2.24, 2.45) is 17.6 Å². The number of carbonyl (C=O) groups is 5. The van der Waals surface area contributed by atoms with E-state index in [4.69, 9.17) is 5.73 Å². The van der Waals surface area contributed by atoms with Gasteiger partial charge in [0.25, 0.3) is 0 Å². The number of hydrogen-bond donors (Lipinski definition) is 6. The van der Waals surface area contributed by atoms with E-state index in [1.54, 1.807) is 30.3 Å². The maximum absolute atomic E-state index is 13.0. The van der Waals surface area contributed by atoms with E-state index < -0.39 is 60.2 Å². The van der Waals surface area contributed by atoms with Gasteiger partial charge in [-0.1, -0.05) is 64.4 Å². The largest absolute Gasteiger partial charge is 0.481 e. The van der Waals surface area contributed by atoms with Gasteiger partial charge in [-0.15, -0.1) is 0 Å². The molecule has 0 saturated carbocycles. The lowest BCUT2D eigenvalue weighted by atomic mass is 9.97. The zero-order valence-electron chi connectivity index (χ0n) is 21.2. The van der Waals surface area contributed by atoms with Crippen LogP contribution < -0.4 is 21.7 Å². The van der Waals surface area contributed by atoms with E-state index >= 15 is 0 Å². The average Bonchev–Trinajstić information content (AvgIpc) is 2.81. The molecule has 1 aromatic carbocycles. The van der Waals surface area contributed by atoms with Crippen molar-refractivity contribution in [3.8, 4) is 0 Å². The lowest BCUT2D eigenvalue weighted by Crippen LogP contribution is -2.58. The minimum atomic E-state index is -1.55. The van der Waals surface area contributed by atoms with Crippen molar-refractivity contribution in [2.75, 3.05) is 0 Å². The molecule has 0 bridgehead atoms. The molecule has 3 amide bonds. The fourth-order valence-corrected chi connectivity index (χ4v) is 3.46. The van der Waals surface area contributed by atoms with Crippen molar-refractivity contribution in [3.63, 3.8) is 0 Å². The molecule has 1 aromatic rings. The van der Waals surface area contributed by atoms with Crippen LogP contribution in [0, 0.1) is 11.8 Å². The fourth-order valence-electron chi connectivity index (χ4n) is 3.46. The van der Waals surface area contributed by atoms with Gasteiger partial charge in [-0.05, 0) is 23.8 Å². The highest BCUT2D eigenvalue weighted by molar-refractivity contribution is 5.95. The second-order valence-corrected chi connectivity index (χ2v) is 9.35. The molecule has 200 valence electrons. The van der Waals surface area contributed by atoms with Gasteiger partial charge < -0.3 is 31.9 Å². The molecule has 0 saturated heterocycles. The molecular weight excluding hydrogens is 468 g/mol. The Morgan fingerprint density at radius 3 is 1.86 bits per heavy atom. The number of nitrogens with one attached hydrogen (secondary N) is 3. The maximum atomic E-state index is 13.0. The van der Waals surface area contributed by atoms with Crippen LogP contribution in [0.3, 0.4) is 0 Å².